The highest BCUT2D eigenvalue weighted by molar-refractivity contribution is 5.82. The van der Waals surface area contributed by atoms with Crippen LogP contribution in [0.2, 0.25) is 0 Å². The summed E-state index contributed by atoms with van der Waals surface area (Å²) in [6.07, 6.45) is 4.88. The number of hydrogen-bond donors (Lipinski definition) is 4. The van der Waals surface area contributed by atoms with Crippen molar-refractivity contribution >= 4 is 17.4 Å². The summed E-state index contributed by atoms with van der Waals surface area (Å²) in [6, 6.07) is -0.673. The summed E-state index contributed by atoms with van der Waals surface area (Å²) in [4.78, 5) is 22.6. The number of nitrogens with two attached hydrogens (primary N) is 1. The first-order valence-electron chi connectivity index (χ1n) is 8.48. The van der Waals surface area contributed by atoms with Crippen molar-refractivity contribution in [3.8, 4) is 0 Å². The van der Waals surface area contributed by atoms with E-state index in [1.54, 1.807) is 0 Å². The van der Waals surface area contributed by atoms with Crippen LogP contribution < -0.4 is 16.6 Å². The lowest BCUT2D eigenvalue weighted by atomic mass is 9.84. The topological polar surface area (TPSA) is 148 Å². The number of nitrogens with one attached hydrogen (secondary N) is 2. The quantitative estimate of drug-likeness (QED) is 0.417. The van der Waals surface area contributed by atoms with E-state index in [1.807, 2.05) is 0 Å². The molecule has 25 heavy (non-hydrogen) atoms. The molecule has 0 saturated heterocycles. The molecular weight excluding hydrogens is 328 g/mol. The number of amides is 1. The fourth-order valence-electron chi connectivity index (χ4n) is 3.33. The van der Waals surface area contributed by atoms with Crippen LogP contribution in [0.4, 0.5) is 11.5 Å². The van der Waals surface area contributed by atoms with Gasteiger partial charge in [-0.1, -0.05) is 32.1 Å². The Labute approximate surface area is 145 Å². The minimum absolute atomic E-state index is 0.0314. The number of aromatic nitrogens is 2. The molecule has 1 aromatic heterocycles. The lowest BCUT2D eigenvalue weighted by Crippen LogP contribution is -2.49. The van der Waals surface area contributed by atoms with Crippen LogP contribution in [0.3, 0.4) is 0 Å². The summed E-state index contributed by atoms with van der Waals surface area (Å²) in [6.45, 7) is 1.50. The van der Waals surface area contributed by atoms with Crippen molar-refractivity contribution in [3.63, 3.8) is 0 Å². The third-order valence-electron chi connectivity index (χ3n) is 4.68. The van der Waals surface area contributed by atoms with Gasteiger partial charge in [-0.2, -0.15) is 5.10 Å². The van der Waals surface area contributed by atoms with E-state index in [0.717, 1.165) is 25.7 Å². The van der Waals surface area contributed by atoms with Gasteiger partial charge in [0.15, 0.2) is 0 Å². The van der Waals surface area contributed by atoms with E-state index in [1.165, 1.54) is 25.1 Å². The molecule has 5 N–H and O–H groups in total. The zero-order valence-electron chi connectivity index (χ0n) is 14.6. The van der Waals surface area contributed by atoms with E-state index < -0.39 is 23.0 Å². The highest BCUT2D eigenvalue weighted by Gasteiger charge is 2.28. The van der Waals surface area contributed by atoms with Gasteiger partial charge in [0.25, 0.3) is 5.91 Å². The minimum atomic E-state index is -1.39. The normalized spacial score (nSPS) is 17.8. The number of hydrogen-bond acceptors (Lipinski definition) is 7. The number of hydrazine groups is 1. The summed E-state index contributed by atoms with van der Waals surface area (Å²) in [5.74, 6) is -0.264. The number of anilines is 1. The molecule has 0 aliphatic heterocycles. The number of aliphatic hydroxyl groups is 1. The molecule has 2 atom stereocenters. The highest BCUT2D eigenvalue weighted by Crippen LogP contribution is 2.28. The van der Waals surface area contributed by atoms with Crippen molar-refractivity contribution in [1.82, 2.24) is 15.2 Å². The third kappa shape index (κ3) is 4.67. The molecule has 1 aromatic rings. The second-order valence-electron chi connectivity index (χ2n) is 6.63. The first-order valence-corrected chi connectivity index (χ1v) is 8.48. The van der Waals surface area contributed by atoms with Crippen LogP contribution in [0.5, 0.6) is 0 Å². The molecule has 1 amide bonds. The Morgan fingerprint density at radius 1 is 1.48 bits per heavy atom. The van der Waals surface area contributed by atoms with Crippen molar-refractivity contribution < 1.29 is 14.8 Å². The van der Waals surface area contributed by atoms with E-state index in [2.05, 4.69) is 16.0 Å². The molecule has 1 aliphatic rings. The smallest absolute Gasteiger partial charge is 0.335 e. The summed E-state index contributed by atoms with van der Waals surface area (Å²) >= 11 is 0. The van der Waals surface area contributed by atoms with E-state index in [4.69, 9.17) is 5.73 Å². The number of nitrogens with zero attached hydrogens (tertiary/aromatic N) is 3. The summed E-state index contributed by atoms with van der Waals surface area (Å²) in [5.41, 5.74) is 10.7. The molecule has 1 saturated carbocycles. The number of carbonyl (C=O) groups is 1. The molecule has 1 unspecified atom stereocenters. The predicted octanol–water partition coefficient (Wildman–Crippen LogP) is 0.738. The van der Waals surface area contributed by atoms with Crippen LogP contribution in [-0.4, -0.2) is 37.9 Å². The molecule has 0 aromatic carbocycles. The monoisotopic (exact) mass is 354 g/mol. The maximum Gasteiger partial charge on any atom is 0.335 e. The molecule has 1 aliphatic carbocycles. The van der Waals surface area contributed by atoms with Gasteiger partial charge in [-0.3, -0.25) is 25.8 Å². The average molecular weight is 354 g/mol. The second-order valence-corrected chi connectivity index (χ2v) is 6.63. The molecular formula is C15H26N6O4. The van der Waals surface area contributed by atoms with Crippen molar-refractivity contribution in [1.29, 1.82) is 0 Å². The first kappa shape index (κ1) is 19.1. The van der Waals surface area contributed by atoms with E-state index >= 15 is 0 Å². The van der Waals surface area contributed by atoms with Crippen molar-refractivity contribution in [2.24, 2.45) is 18.7 Å². The van der Waals surface area contributed by atoms with Gasteiger partial charge in [0.05, 0.1) is 4.92 Å². The lowest BCUT2D eigenvalue weighted by molar-refractivity contribution is -0.384. The largest absolute Gasteiger partial charge is 0.382 e. The number of nitro groups is 1. The maximum atomic E-state index is 12.1. The van der Waals surface area contributed by atoms with Gasteiger partial charge in [0.1, 0.15) is 11.8 Å². The Morgan fingerprint density at radius 3 is 2.72 bits per heavy atom. The molecule has 2 rings (SSSR count). The standard InChI is InChI=1S/C15H26N6O4/c1-9-12(21(24)25)14(20(2)19-9)17-18-15(23)13(22)11(16)8-10-6-4-3-5-7-10/h10-11,13,17,22H,3-8,16H2,1-2H3,(H,18,23)/t11-,13?/m1/s1. The van der Waals surface area contributed by atoms with E-state index in [9.17, 15) is 20.0 Å². The van der Waals surface area contributed by atoms with Crippen molar-refractivity contribution in [3.05, 3.63) is 15.8 Å². The average Bonchev–Trinajstić information content (AvgIpc) is 2.86. The molecule has 140 valence electrons. The van der Waals surface area contributed by atoms with E-state index in [-0.39, 0.29) is 17.2 Å². The highest BCUT2D eigenvalue weighted by atomic mass is 16.6. The molecule has 10 nitrogen and oxygen atoms in total. The second kappa shape index (κ2) is 8.26. The Morgan fingerprint density at radius 2 is 2.12 bits per heavy atom. The molecule has 1 fully saturated rings. The fraction of sp³-hybridized carbons (Fsp3) is 0.733. The first-order chi connectivity index (χ1) is 11.8. The van der Waals surface area contributed by atoms with Gasteiger partial charge in [-0.15, -0.1) is 0 Å². The summed E-state index contributed by atoms with van der Waals surface area (Å²) in [5, 5.41) is 25.2. The Bertz CT molecular complexity index is 626. The van der Waals surface area contributed by atoms with Crippen LogP contribution in [0.15, 0.2) is 0 Å². The maximum absolute atomic E-state index is 12.1. The summed E-state index contributed by atoms with van der Waals surface area (Å²) in [7, 11) is 1.51. The Kier molecular flexibility index (Phi) is 6.32. The molecule has 0 spiro atoms. The third-order valence-corrected chi connectivity index (χ3v) is 4.68. The molecule has 0 radical (unpaired) electrons. The van der Waals surface area contributed by atoms with Crippen LogP contribution >= 0.6 is 0 Å². The van der Waals surface area contributed by atoms with Crippen LogP contribution in [0.25, 0.3) is 0 Å². The fourth-order valence-corrected chi connectivity index (χ4v) is 3.33. The van der Waals surface area contributed by atoms with Crippen molar-refractivity contribution in [2.75, 3.05) is 5.43 Å². The van der Waals surface area contributed by atoms with E-state index in [0.29, 0.717) is 12.3 Å². The van der Waals surface area contributed by atoms with Gasteiger partial charge in [0, 0.05) is 13.1 Å². The Hall–Kier alpha value is -2.20. The Balaban J connectivity index is 1.92. The van der Waals surface area contributed by atoms with Gasteiger partial charge in [0.2, 0.25) is 5.82 Å². The van der Waals surface area contributed by atoms with Crippen molar-refractivity contribution in [2.45, 2.75) is 57.6 Å². The summed E-state index contributed by atoms with van der Waals surface area (Å²) < 4.78 is 1.25. The van der Waals surface area contributed by atoms with Gasteiger partial charge in [-0.25, -0.2) is 4.68 Å². The number of rotatable bonds is 7. The number of aliphatic hydroxyl groups excluding tert-OH is 1. The number of aryl methyl sites for hydroxylation is 2. The SMILES string of the molecule is Cc1nn(C)c(NNC(=O)C(O)[C@H](N)CC2CCCCC2)c1[N+](=O)[O-]. The van der Waals surface area contributed by atoms with Crippen LogP contribution in [0, 0.1) is 23.0 Å². The number of carbonyl (C=O) groups excluding carboxylic acids is 1. The van der Waals surface area contributed by atoms with Crippen LogP contribution in [-0.2, 0) is 11.8 Å². The zero-order chi connectivity index (χ0) is 18.6. The van der Waals surface area contributed by atoms with Gasteiger partial charge < -0.3 is 10.8 Å². The molecule has 10 heteroatoms. The zero-order valence-corrected chi connectivity index (χ0v) is 14.6. The van der Waals surface area contributed by atoms with Gasteiger partial charge >= 0.3 is 5.69 Å². The van der Waals surface area contributed by atoms with Crippen LogP contribution in [0.1, 0.15) is 44.2 Å². The minimum Gasteiger partial charge on any atom is -0.382 e. The molecule has 0 bridgehead atoms. The lowest BCUT2D eigenvalue weighted by Gasteiger charge is -2.26. The molecule has 1 heterocycles. The predicted molar refractivity (Wildman–Crippen MR) is 91.5 cm³/mol. The van der Waals surface area contributed by atoms with Gasteiger partial charge in [-0.05, 0) is 19.3 Å².